The van der Waals surface area contributed by atoms with E-state index < -0.39 is 4.92 Å². The second-order valence-electron chi connectivity index (χ2n) is 5.65. The van der Waals surface area contributed by atoms with Crippen LogP contribution in [0, 0.1) is 26.9 Å². The molecule has 0 saturated heterocycles. The molecule has 0 fully saturated rings. The van der Waals surface area contributed by atoms with E-state index in [1.807, 2.05) is 19.9 Å². The van der Waals surface area contributed by atoms with Crippen LogP contribution in [0.5, 0.6) is 5.75 Å². The molecule has 1 rings (SSSR count). The van der Waals surface area contributed by atoms with Gasteiger partial charge in [0.25, 0.3) is 5.69 Å². The van der Waals surface area contributed by atoms with Crippen molar-refractivity contribution in [1.82, 2.24) is 5.32 Å². The topological polar surface area (TPSA) is 88.2 Å². The summed E-state index contributed by atoms with van der Waals surface area (Å²) in [6.45, 7) is 8.26. The fourth-order valence-corrected chi connectivity index (χ4v) is 1.83. The number of nitrogens with zero attached hydrogens (tertiary/aromatic N) is 2. The minimum Gasteiger partial charge on any atom is -0.491 e. The molecule has 114 valence electrons. The lowest BCUT2D eigenvalue weighted by Gasteiger charge is -2.25. The van der Waals surface area contributed by atoms with E-state index in [0.717, 1.165) is 19.5 Å². The van der Waals surface area contributed by atoms with E-state index in [-0.39, 0.29) is 22.4 Å². The van der Waals surface area contributed by atoms with Gasteiger partial charge in [0.2, 0.25) is 0 Å². The number of ether oxygens (including phenoxy) is 1. The summed E-state index contributed by atoms with van der Waals surface area (Å²) in [5.41, 5.74) is -0.385. The largest absolute Gasteiger partial charge is 0.491 e. The summed E-state index contributed by atoms with van der Waals surface area (Å²) < 4.78 is 5.65. The van der Waals surface area contributed by atoms with Gasteiger partial charge in [-0.3, -0.25) is 10.1 Å². The van der Waals surface area contributed by atoms with Gasteiger partial charge in [0.1, 0.15) is 11.8 Å². The Balaban J connectivity index is 2.78. The fraction of sp³-hybridized carbons (Fsp3) is 0.533. The first-order chi connectivity index (χ1) is 9.91. The number of hydrogen-bond acceptors (Lipinski definition) is 5. The maximum absolute atomic E-state index is 10.9. The molecule has 0 saturated carbocycles. The zero-order chi connectivity index (χ0) is 15.9. The Bertz CT molecular complexity index is 535. The van der Waals surface area contributed by atoms with Crippen molar-refractivity contribution in [3.05, 3.63) is 33.9 Å². The average molecular weight is 291 g/mol. The number of hydrogen-bond donors (Lipinski definition) is 1. The van der Waals surface area contributed by atoms with Crippen LogP contribution in [0.2, 0.25) is 0 Å². The van der Waals surface area contributed by atoms with E-state index in [9.17, 15) is 10.1 Å². The summed E-state index contributed by atoms with van der Waals surface area (Å²) in [6, 6.07) is 6.27. The van der Waals surface area contributed by atoms with Gasteiger partial charge in [0.05, 0.1) is 11.5 Å². The number of nitrogens with one attached hydrogen (secondary N) is 1. The van der Waals surface area contributed by atoms with Crippen LogP contribution in [-0.2, 0) is 0 Å². The lowest BCUT2D eigenvalue weighted by molar-refractivity contribution is -0.385. The summed E-state index contributed by atoms with van der Waals surface area (Å²) in [5, 5.41) is 23.3. The van der Waals surface area contributed by atoms with Crippen molar-refractivity contribution >= 4 is 5.69 Å². The highest BCUT2D eigenvalue weighted by Crippen LogP contribution is 2.28. The van der Waals surface area contributed by atoms with Gasteiger partial charge in [-0.25, -0.2) is 0 Å². The number of nitriles is 1. The first-order valence-electron chi connectivity index (χ1n) is 6.92. The van der Waals surface area contributed by atoms with Crippen LogP contribution in [0.25, 0.3) is 0 Å². The predicted molar refractivity (Wildman–Crippen MR) is 80.2 cm³/mol. The first kappa shape index (κ1) is 16.9. The molecule has 0 spiro atoms. The molecule has 0 aliphatic rings. The van der Waals surface area contributed by atoms with Crippen LogP contribution in [0.3, 0.4) is 0 Å². The van der Waals surface area contributed by atoms with Crippen molar-refractivity contribution in [2.75, 3.05) is 19.7 Å². The second kappa shape index (κ2) is 7.60. The van der Waals surface area contributed by atoms with Gasteiger partial charge in [-0.1, -0.05) is 26.8 Å². The van der Waals surface area contributed by atoms with Crippen molar-refractivity contribution in [3.63, 3.8) is 0 Å². The molecular formula is C15H21N3O3. The van der Waals surface area contributed by atoms with Crippen molar-refractivity contribution in [2.45, 2.75) is 27.2 Å². The summed E-state index contributed by atoms with van der Waals surface area (Å²) in [7, 11) is 0. The molecule has 1 aromatic rings. The van der Waals surface area contributed by atoms with Crippen LogP contribution >= 0.6 is 0 Å². The number of nitro benzene ring substituents is 1. The molecular weight excluding hydrogens is 270 g/mol. The number of nitro groups is 1. The first-order valence-corrected chi connectivity index (χ1v) is 6.92. The normalized spacial score (nSPS) is 11.0. The molecule has 0 amide bonds. The lowest BCUT2D eigenvalue weighted by atomic mass is 9.95. The van der Waals surface area contributed by atoms with Gasteiger partial charge in [-0.05, 0) is 19.0 Å². The molecule has 1 aromatic carbocycles. The lowest BCUT2D eigenvalue weighted by Crippen LogP contribution is -2.34. The van der Waals surface area contributed by atoms with Gasteiger partial charge in [-0.15, -0.1) is 0 Å². The molecule has 0 unspecified atom stereocenters. The minimum absolute atomic E-state index is 0.0279. The molecule has 0 atom stereocenters. The number of benzene rings is 1. The smallest absolute Gasteiger partial charge is 0.290 e. The van der Waals surface area contributed by atoms with E-state index in [1.165, 1.54) is 12.1 Å². The van der Waals surface area contributed by atoms with Crippen LogP contribution < -0.4 is 10.1 Å². The monoisotopic (exact) mass is 291 g/mol. The molecule has 0 bridgehead atoms. The van der Waals surface area contributed by atoms with Crippen molar-refractivity contribution in [1.29, 1.82) is 5.26 Å². The molecule has 21 heavy (non-hydrogen) atoms. The molecule has 0 heterocycles. The van der Waals surface area contributed by atoms with E-state index >= 15 is 0 Å². The second-order valence-corrected chi connectivity index (χ2v) is 5.65. The SMILES string of the molecule is CCCNCC(C)(C)COc1cccc([N+](=O)[O-])c1C#N. The quantitative estimate of drug-likeness (QED) is 0.452. The van der Waals surface area contributed by atoms with Gasteiger partial charge in [0.15, 0.2) is 5.56 Å². The summed E-state index contributed by atoms with van der Waals surface area (Å²) in [6.07, 6.45) is 1.06. The summed E-state index contributed by atoms with van der Waals surface area (Å²) in [5.74, 6) is 0.260. The third-order valence-electron chi connectivity index (χ3n) is 2.96. The summed E-state index contributed by atoms with van der Waals surface area (Å²) >= 11 is 0. The predicted octanol–water partition coefficient (Wildman–Crippen LogP) is 2.87. The van der Waals surface area contributed by atoms with Crippen LogP contribution in [0.15, 0.2) is 18.2 Å². The highest BCUT2D eigenvalue weighted by atomic mass is 16.6. The molecule has 0 aliphatic carbocycles. The Hall–Kier alpha value is -2.13. The Kier molecular flexibility index (Phi) is 6.12. The molecule has 0 radical (unpaired) electrons. The van der Waals surface area contributed by atoms with Gasteiger partial charge in [0, 0.05) is 18.0 Å². The standard InChI is InChI=1S/C15H21N3O3/c1-4-8-17-10-15(2,3)11-21-14-7-5-6-13(18(19)20)12(14)9-16/h5-7,17H,4,8,10-11H2,1-3H3. The third-order valence-corrected chi connectivity index (χ3v) is 2.96. The van der Waals surface area contributed by atoms with Crippen LogP contribution in [0.1, 0.15) is 32.8 Å². The van der Waals surface area contributed by atoms with Gasteiger partial charge < -0.3 is 10.1 Å². The van der Waals surface area contributed by atoms with Crippen molar-refractivity contribution in [2.24, 2.45) is 5.41 Å². The van der Waals surface area contributed by atoms with Gasteiger partial charge >= 0.3 is 0 Å². The average Bonchev–Trinajstić information content (AvgIpc) is 2.44. The molecule has 6 heteroatoms. The van der Waals surface area contributed by atoms with Gasteiger partial charge in [-0.2, -0.15) is 5.26 Å². The fourth-order valence-electron chi connectivity index (χ4n) is 1.83. The molecule has 0 aromatic heterocycles. The zero-order valence-electron chi connectivity index (χ0n) is 12.7. The number of rotatable bonds is 8. The zero-order valence-corrected chi connectivity index (χ0v) is 12.7. The molecule has 0 aliphatic heterocycles. The van der Waals surface area contributed by atoms with E-state index in [0.29, 0.717) is 6.61 Å². The molecule has 1 N–H and O–H groups in total. The van der Waals surface area contributed by atoms with E-state index in [4.69, 9.17) is 10.00 Å². The van der Waals surface area contributed by atoms with E-state index in [1.54, 1.807) is 6.07 Å². The highest BCUT2D eigenvalue weighted by Gasteiger charge is 2.22. The Morgan fingerprint density at radius 1 is 1.48 bits per heavy atom. The Morgan fingerprint density at radius 3 is 2.76 bits per heavy atom. The minimum atomic E-state index is -0.570. The third kappa shape index (κ3) is 5.04. The Morgan fingerprint density at radius 2 is 2.19 bits per heavy atom. The highest BCUT2D eigenvalue weighted by molar-refractivity contribution is 5.56. The van der Waals surface area contributed by atoms with E-state index in [2.05, 4.69) is 12.2 Å². The maximum atomic E-state index is 10.9. The van der Waals surface area contributed by atoms with Crippen molar-refractivity contribution < 1.29 is 9.66 Å². The Labute approximate surface area is 124 Å². The molecule has 6 nitrogen and oxygen atoms in total. The maximum Gasteiger partial charge on any atom is 0.290 e. The van der Waals surface area contributed by atoms with Crippen molar-refractivity contribution in [3.8, 4) is 11.8 Å². The van der Waals surface area contributed by atoms with Crippen LogP contribution in [-0.4, -0.2) is 24.6 Å². The van der Waals surface area contributed by atoms with Crippen LogP contribution in [0.4, 0.5) is 5.69 Å². The summed E-state index contributed by atoms with van der Waals surface area (Å²) in [4.78, 5) is 10.3.